The average Bonchev–Trinajstić information content (AvgIpc) is 2.51. The SMILES string of the molecule is C=C(C)C(=O)OCCOC(=O)C(F)(F)CC(=O)OC1CCCCC1. The molecule has 1 rings (SSSR count). The van der Waals surface area contributed by atoms with E-state index in [0.29, 0.717) is 12.8 Å². The van der Waals surface area contributed by atoms with Crippen molar-refractivity contribution in [2.24, 2.45) is 0 Å². The first kappa shape index (κ1) is 20.1. The summed E-state index contributed by atoms with van der Waals surface area (Å²) >= 11 is 0. The van der Waals surface area contributed by atoms with E-state index in [0.717, 1.165) is 19.3 Å². The Morgan fingerprint density at radius 1 is 1.08 bits per heavy atom. The molecule has 24 heavy (non-hydrogen) atoms. The highest BCUT2D eigenvalue weighted by atomic mass is 19.3. The molecule has 6 nitrogen and oxygen atoms in total. The standard InChI is InChI=1S/C16H22F2O6/c1-11(2)14(20)22-8-9-23-15(21)16(17,18)10-13(19)24-12-6-4-3-5-7-12/h12H,1,3-10H2,2H3. The van der Waals surface area contributed by atoms with Crippen molar-refractivity contribution in [1.29, 1.82) is 0 Å². The second kappa shape index (κ2) is 9.34. The second-order valence-electron chi connectivity index (χ2n) is 5.68. The van der Waals surface area contributed by atoms with Gasteiger partial charge in [-0.2, -0.15) is 8.78 Å². The van der Waals surface area contributed by atoms with Gasteiger partial charge in [-0.15, -0.1) is 0 Å². The molecule has 1 fully saturated rings. The van der Waals surface area contributed by atoms with E-state index in [2.05, 4.69) is 16.1 Å². The van der Waals surface area contributed by atoms with Crippen molar-refractivity contribution in [3.05, 3.63) is 12.2 Å². The fourth-order valence-corrected chi connectivity index (χ4v) is 2.16. The molecule has 0 bridgehead atoms. The molecule has 8 heteroatoms. The molecule has 0 saturated heterocycles. The van der Waals surface area contributed by atoms with Crippen molar-refractivity contribution >= 4 is 17.9 Å². The van der Waals surface area contributed by atoms with Crippen molar-refractivity contribution < 1.29 is 37.4 Å². The molecule has 0 aromatic carbocycles. The molecule has 1 saturated carbocycles. The van der Waals surface area contributed by atoms with Gasteiger partial charge in [0, 0.05) is 5.57 Å². The minimum atomic E-state index is -3.98. The van der Waals surface area contributed by atoms with Gasteiger partial charge < -0.3 is 14.2 Å². The van der Waals surface area contributed by atoms with Crippen LogP contribution >= 0.6 is 0 Å². The van der Waals surface area contributed by atoms with E-state index in [9.17, 15) is 23.2 Å². The van der Waals surface area contributed by atoms with Crippen molar-refractivity contribution in [1.82, 2.24) is 0 Å². The lowest BCUT2D eigenvalue weighted by Crippen LogP contribution is -2.36. The summed E-state index contributed by atoms with van der Waals surface area (Å²) < 4.78 is 41.2. The molecule has 0 aromatic rings. The Morgan fingerprint density at radius 3 is 2.25 bits per heavy atom. The molecule has 1 aliphatic carbocycles. The summed E-state index contributed by atoms with van der Waals surface area (Å²) in [5, 5.41) is 0. The number of hydrogen-bond donors (Lipinski definition) is 0. The van der Waals surface area contributed by atoms with Crippen molar-refractivity contribution in [3.63, 3.8) is 0 Å². The fourth-order valence-electron chi connectivity index (χ4n) is 2.16. The van der Waals surface area contributed by atoms with Crippen LogP contribution in [0.1, 0.15) is 45.4 Å². The first-order chi connectivity index (χ1) is 11.2. The maximum atomic E-state index is 13.6. The van der Waals surface area contributed by atoms with E-state index in [-0.39, 0.29) is 18.3 Å². The number of carbonyl (C=O) groups excluding carboxylic acids is 3. The minimum Gasteiger partial charge on any atom is -0.462 e. The Balaban J connectivity index is 2.31. The fraction of sp³-hybridized carbons (Fsp3) is 0.688. The summed E-state index contributed by atoms with van der Waals surface area (Å²) in [4.78, 5) is 33.9. The predicted molar refractivity (Wildman–Crippen MR) is 79.3 cm³/mol. The monoisotopic (exact) mass is 348 g/mol. The van der Waals surface area contributed by atoms with Crippen LogP contribution in [0.5, 0.6) is 0 Å². The lowest BCUT2D eigenvalue weighted by atomic mass is 9.98. The summed E-state index contributed by atoms with van der Waals surface area (Å²) in [6.07, 6.45) is 2.38. The molecule has 0 radical (unpaired) electrons. The quantitative estimate of drug-likeness (QED) is 0.290. The van der Waals surface area contributed by atoms with Crippen LogP contribution in [0.2, 0.25) is 0 Å². The summed E-state index contributed by atoms with van der Waals surface area (Å²) in [7, 11) is 0. The van der Waals surface area contributed by atoms with E-state index >= 15 is 0 Å². The average molecular weight is 348 g/mol. The molecule has 0 amide bonds. The van der Waals surface area contributed by atoms with Crippen LogP contribution < -0.4 is 0 Å². The van der Waals surface area contributed by atoms with Crippen LogP contribution in [-0.4, -0.2) is 43.1 Å². The highest BCUT2D eigenvalue weighted by Gasteiger charge is 2.44. The smallest absolute Gasteiger partial charge is 0.377 e. The van der Waals surface area contributed by atoms with Gasteiger partial charge in [0.2, 0.25) is 0 Å². The van der Waals surface area contributed by atoms with E-state index in [1.807, 2.05) is 0 Å². The largest absolute Gasteiger partial charge is 0.462 e. The zero-order chi connectivity index (χ0) is 18.2. The normalized spacial score (nSPS) is 15.5. The molecule has 1 aliphatic rings. The van der Waals surface area contributed by atoms with Gasteiger partial charge in [0.25, 0.3) is 0 Å². The third-order valence-electron chi connectivity index (χ3n) is 3.41. The zero-order valence-corrected chi connectivity index (χ0v) is 13.6. The van der Waals surface area contributed by atoms with E-state index < -0.39 is 36.9 Å². The van der Waals surface area contributed by atoms with Gasteiger partial charge in [-0.25, -0.2) is 9.59 Å². The molecule has 136 valence electrons. The van der Waals surface area contributed by atoms with Crippen molar-refractivity contribution in [2.45, 2.75) is 57.5 Å². The van der Waals surface area contributed by atoms with Gasteiger partial charge in [-0.1, -0.05) is 13.0 Å². The van der Waals surface area contributed by atoms with Crippen LogP contribution in [0.15, 0.2) is 12.2 Å². The predicted octanol–water partition coefficient (Wildman–Crippen LogP) is 2.55. The summed E-state index contributed by atoms with van der Waals surface area (Å²) in [5.74, 6) is -7.68. The number of halogens is 2. The number of ether oxygens (including phenoxy) is 3. The molecule has 0 atom stereocenters. The van der Waals surface area contributed by atoms with Gasteiger partial charge in [-0.3, -0.25) is 4.79 Å². The van der Waals surface area contributed by atoms with Gasteiger partial charge in [0.05, 0.1) is 0 Å². The highest BCUT2D eigenvalue weighted by Crippen LogP contribution is 2.24. The third kappa shape index (κ3) is 7.06. The molecule has 0 unspecified atom stereocenters. The van der Waals surface area contributed by atoms with E-state index in [1.54, 1.807) is 0 Å². The molecule has 0 heterocycles. The Hall–Kier alpha value is -1.99. The van der Waals surface area contributed by atoms with Crippen LogP contribution in [0.25, 0.3) is 0 Å². The number of carbonyl (C=O) groups is 3. The first-order valence-electron chi connectivity index (χ1n) is 7.79. The first-order valence-corrected chi connectivity index (χ1v) is 7.79. The maximum absolute atomic E-state index is 13.6. The Bertz CT molecular complexity index is 483. The number of esters is 3. The molecular formula is C16H22F2O6. The summed E-state index contributed by atoms with van der Waals surface area (Å²) in [6.45, 7) is 3.84. The van der Waals surface area contributed by atoms with Crippen LogP contribution in [0.4, 0.5) is 8.78 Å². The maximum Gasteiger partial charge on any atom is 0.377 e. The van der Waals surface area contributed by atoms with Crippen LogP contribution in [0.3, 0.4) is 0 Å². The molecule has 0 N–H and O–H groups in total. The molecule has 0 spiro atoms. The Labute approximate surface area is 139 Å². The van der Waals surface area contributed by atoms with Gasteiger partial charge in [-0.05, 0) is 32.6 Å². The topological polar surface area (TPSA) is 78.9 Å². The van der Waals surface area contributed by atoms with Gasteiger partial charge >= 0.3 is 23.8 Å². The zero-order valence-electron chi connectivity index (χ0n) is 13.6. The lowest BCUT2D eigenvalue weighted by Gasteiger charge is -2.22. The van der Waals surface area contributed by atoms with Crippen molar-refractivity contribution in [3.8, 4) is 0 Å². The van der Waals surface area contributed by atoms with Crippen molar-refractivity contribution in [2.75, 3.05) is 13.2 Å². The van der Waals surface area contributed by atoms with Crippen LogP contribution in [-0.2, 0) is 28.6 Å². The van der Waals surface area contributed by atoms with Gasteiger partial charge in [0.1, 0.15) is 25.7 Å². The number of rotatable bonds is 8. The molecular weight excluding hydrogens is 326 g/mol. The number of hydrogen-bond acceptors (Lipinski definition) is 6. The van der Waals surface area contributed by atoms with E-state index in [1.165, 1.54) is 6.92 Å². The third-order valence-corrected chi connectivity index (χ3v) is 3.41. The molecule has 0 aliphatic heterocycles. The second-order valence-corrected chi connectivity index (χ2v) is 5.68. The molecule has 0 aromatic heterocycles. The Morgan fingerprint density at radius 2 is 1.67 bits per heavy atom. The highest BCUT2D eigenvalue weighted by molar-refractivity contribution is 5.87. The number of alkyl halides is 2. The minimum absolute atomic E-state index is 0.136. The van der Waals surface area contributed by atoms with E-state index in [4.69, 9.17) is 4.74 Å². The lowest BCUT2D eigenvalue weighted by molar-refractivity contribution is -0.182. The summed E-state index contributed by atoms with van der Waals surface area (Å²) in [5.41, 5.74) is 0.136. The van der Waals surface area contributed by atoms with Crippen LogP contribution in [0, 0.1) is 0 Å². The summed E-state index contributed by atoms with van der Waals surface area (Å²) in [6, 6.07) is 0. The Kier molecular flexibility index (Phi) is 7.81. The van der Waals surface area contributed by atoms with Gasteiger partial charge in [0.15, 0.2) is 0 Å².